The standard InChI is InChI=1S/C16H33NO7Si/c1-7-11-17(25(21-6,22-9-3)23-10-4)14(12-15(18)19)16(20)24-13(5)8-2/h13-14H,7-12H2,1-6H3,(H,18,19). The third-order valence-corrected chi connectivity index (χ3v) is 6.70. The van der Waals surface area contributed by atoms with Gasteiger partial charge in [0.15, 0.2) is 0 Å². The number of hydrogen-bond acceptors (Lipinski definition) is 7. The molecule has 0 saturated heterocycles. The van der Waals surface area contributed by atoms with Crippen molar-refractivity contribution in [2.45, 2.75) is 66.0 Å². The summed E-state index contributed by atoms with van der Waals surface area (Å²) in [5, 5.41) is 9.30. The van der Waals surface area contributed by atoms with Gasteiger partial charge >= 0.3 is 20.9 Å². The van der Waals surface area contributed by atoms with Crippen LogP contribution in [0, 0.1) is 0 Å². The van der Waals surface area contributed by atoms with Crippen LogP contribution in [0.1, 0.15) is 53.9 Å². The van der Waals surface area contributed by atoms with Crippen LogP contribution in [-0.4, -0.2) is 69.6 Å². The van der Waals surface area contributed by atoms with E-state index in [1.165, 1.54) is 7.11 Å². The van der Waals surface area contributed by atoms with Gasteiger partial charge in [-0.25, -0.2) is 4.57 Å². The Labute approximate surface area is 151 Å². The van der Waals surface area contributed by atoms with Crippen molar-refractivity contribution in [1.29, 1.82) is 0 Å². The van der Waals surface area contributed by atoms with Crippen LogP contribution in [0.4, 0.5) is 0 Å². The predicted octanol–water partition coefficient (Wildman–Crippen LogP) is 2.04. The molecular formula is C16H33NO7Si. The van der Waals surface area contributed by atoms with Gasteiger partial charge in [-0.05, 0) is 40.2 Å². The quantitative estimate of drug-likeness (QED) is 0.362. The average Bonchev–Trinajstić information content (AvgIpc) is 2.57. The molecule has 0 heterocycles. The van der Waals surface area contributed by atoms with Crippen molar-refractivity contribution in [2.75, 3.05) is 26.9 Å². The van der Waals surface area contributed by atoms with Crippen LogP contribution in [0.15, 0.2) is 0 Å². The molecule has 0 amide bonds. The van der Waals surface area contributed by atoms with Gasteiger partial charge in [-0.3, -0.25) is 9.59 Å². The fraction of sp³-hybridized carbons (Fsp3) is 0.875. The summed E-state index contributed by atoms with van der Waals surface area (Å²) >= 11 is 0. The van der Waals surface area contributed by atoms with Crippen molar-refractivity contribution < 1.29 is 32.7 Å². The smallest absolute Gasteiger partial charge is 0.481 e. The molecule has 0 saturated carbocycles. The lowest BCUT2D eigenvalue weighted by molar-refractivity contribution is -0.158. The Morgan fingerprint density at radius 3 is 2.04 bits per heavy atom. The third-order valence-electron chi connectivity index (χ3n) is 3.64. The van der Waals surface area contributed by atoms with Gasteiger partial charge in [0.05, 0.1) is 12.5 Å². The number of nitrogens with zero attached hydrogens (tertiary/aromatic N) is 1. The van der Waals surface area contributed by atoms with Gasteiger partial charge in [-0.2, -0.15) is 0 Å². The van der Waals surface area contributed by atoms with E-state index >= 15 is 0 Å². The Bertz CT molecular complexity index is 402. The van der Waals surface area contributed by atoms with Crippen molar-refractivity contribution in [3.05, 3.63) is 0 Å². The number of carbonyl (C=O) groups excluding carboxylic acids is 1. The molecule has 9 heteroatoms. The largest absolute Gasteiger partial charge is 0.600 e. The molecule has 1 N–H and O–H groups in total. The van der Waals surface area contributed by atoms with Crippen molar-refractivity contribution in [3.8, 4) is 0 Å². The Hall–Kier alpha value is -1.00. The zero-order chi connectivity index (χ0) is 19.5. The second kappa shape index (κ2) is 12.4. The normalized spacial score (nSPS) is 14.4. The first kappa shape index (κ1) is 24.0. The van der Waals surface area contributed by atoms with Gasteiger partial charge < -0.3 is 23.1 Å². The van der Waals surface area contributed by atoms with Gasteiger partial charge in [0.1, 0.15) is 6.04 Å². The van der Waals surface area contributed by atoms with E-state index in [1.54, 1.807) is 25.3 Å². The number of hydrogen-bond donors (Lipinski definition) is 1. The molecule has 2 atom stereocenters. The number of aliphatic carboxylic acids is 1. The second-order valence-corrected chi connectivity index (χ2v) is 8.16. The topological polar surface area (TPSA) is 94.5 Å². The first-order valence-electron chi connectivity index (χ1n) is 8.83. The molecule has 0 bridgehead atoms. The number of carboxylic acid groups (broad SMARTS) is 1. The molecule has 0 aliphatic rings. The molecule has 0 aromatic rings. The molecule has 8 nitrogen and oxygen atoms in total. The molecule has 0 aromatic heterocycles. The van der Waals surface area contributed by atoms with E-state index in [9.17, 15) is 14.7 Å². The molecule has 2 unspecified atom stereocenters. The SMILES string of the molecule is CCCN(C(CC(=O)O)C(=O)OC(C)CC)[Si](OC)(OCC)OCC. The van der Waals surface area contributed by atoms with E-state index in [0.717, 1.165) is 0 Å². The lowest BCUT2D eigenvalue weighted by atomic mass is 10.2. The molecule has 0 radical (unpaired) electrons. The number of carbonyl (C=O) groups is 2. The summed E-state index contributed by atoms with van der Waals surface area (Å²) in [5.41, 5.74) is 0. The number of esters is 1. The highest BCUT2D eigenvalue weighted by Gasteiger charge is 2.53. The van der Waals surface area contributed by atoms with E-state index in [0.29, 0.717) is 32.6 Å². The number of ether oxygens (including phenoxy) is 1. The van der Waals surface area contributed by atoms with Gasteiger partial charge in [-0.1, -0.05) is 13.8 Å². The van der Waals surface area contributed by atoms with E-state index in [-0.39, 0.29) is 6.10 Å². The van der Waals surface area contributed by atoms with Crippen LogP contribution in [0.5, 0.6) is 0 Å². The zero-order valence-electron chi connectivity index (χ0n) is 16.2. The highest BCUT2D eigenvalue weighted by molar-refractivity contribution is 6.58. The number of carboxylic acids is 1. The Balaban J connectivity index is 5.84. The fourth-order valence-corrected chi connectivity index (χ4v) is 5.07. The highest BCUT2D eigenvalue weighted by atomic mass is 28.4. The molecule has 0 aromatic carbocycles. The Kier molecular flexibility index (Phi) is 11.9. The summed E-state index contributed by atoms with van der Waals surface area (Å²) in [5.74, 6) is -1.70. The second-order valence-electron chi connectivity index (χ2n) is 5.56. The van der Waals surface area contributed by atoms with Crippen LogP contribution in [0.3, 0.4) is 0 Å². The van der Waals surface area contributed by atoms with E-state index in [4.69, 9.17) is 18.0 Å². The molecular weight excluding hydrogens is 346 g/mol. The summed E-state index contributed by atoms with van der Waals surface area (Å²) in [4.78, 5) is 24.0. The van der Waals surface area contributed by atoms with Crippen LogP contribution >= 0.6 is 0 Å². The predicted molar refractivity (Wildman–Crippen MR) is 94.9 cm³/mol. The summed E-state index contributed by atoms with van der Waals surface area (Å²) in [6.45, 7) is 10.2. The van der Waals surface area contributed by atoms with Crippen LogP contribution in [-0.2, 0) is 27.6 Å². The summed E-state index contributed by atoms with van der Waals surface area (Å²) in [6.07, 6.45) is 0.603. The lowest BCUT2D eigenvalue weighted by Crippen LogP contribution is -2.66. The molecule has 0 aliphatic carbocycles. The Morgan fingerprint density at radius 1 is 1.12 bits per heavy atom. The molecule has 25 heavy (non-hydrogen) atoms. The van der Waals surface area contributed by atoms with E-state index < -0.39 is 33.4 Å². The lowest BCUT2D eigenvalue weighted by Gasteiger charge is -2.40. The third kappa shape index (κ3) is 7.41. The maximum Gasteiger partial charge on any atom is 0.600 e. The maximum absolute atomic E-state index is 12.7. The van der Waals surface area contributed by atoms with Crippen LogP contribution < -0.4 is 0 Å². The monoisotopic (exact) mass is 379 g/mol. The number of rotatable bonds is 14. The van der Waals surface area contributed by atoms with Crippen molar-refractivity contribution in [3.63, 3.8) is 0 Å². The summed E-state index contributed by atoms with van der Waals surface area (Å²) < 4.78 is 24.2. The highest BCUT2D eigenvalue weighted by Crippen LogP contribution is 2.22. The minimum absolute atomic E-state index is 0.301. The Morgan fingerprint density at radius 2 is 1.68 bits per heavy atom. The molecule has 0 rings (SSSR count). The van der Waals surface area contributed by atoms with Gasteiger partial charge in [0.2, 0.25) is 0 Å². The van der Waals surface area contributed by atoms with Gasteiger partial charge in [0, 0.05) is 20.3 Å². The molecule has 0 spiro atoms. The first-order chi connectivity index (χ1) is 11.8. The molecule has 148 valence electrons. The molecule has 0 aliphatic heterocycles. The van der Waals surface area contributed by atoms with Gasteiger partial charge in [-0.15, -0.1) is 0 Å². The maximum atomic E-state index is 12.7. The minimum atomic E-state index is -3.40. The summed E-state index contributed by atoms with van der Waals surface area (Å²) in [7, 11) is -1.95. The summed E-state index contributed by atoms with van der Waals surface area (Å²) in [6, 6.07) is -1.03. The van der Waals surface area contributed by atoms with Crippen molar-refractivity contribution >= 4 is 20.9 Å². The zero-order valence-corrected chi connectivity index (χ0v) is 17.2. The van der Waals surface area contributed by atoms with E-state index in [2.05, 4.69) is 0 Å². The van der Waals surface area contributed by atoms with Crippen LogP contribution in [0.2, 0.25) is 0 Å². The fourth-order valence-electron chi connectivity index (χ4n) is 2.38. The van der Waals surface area contributed by atoms with Gasteiger partial charge in [0.25, 0.3) is 0 Å². The van der Waals surface area contributed by atoms with Crippen LogP contribution in [0.25, 0.3) is 0 Å². The minimum Gasteiger partial charge on any atom is -0.481 e. The van der Waals surface area contributed by atoms with Crippen molar-refractivity contribution in [2.24, 2.45) is 0 Å². The average molecular weight is 380 g/mol. The van der Waals surface area contributed by atoms with Crippen molar-refractivity contribution in [1.82, 2.24) is 4.57 Å². The molecule has 0 fully saturated rings. The first-order valence-corrected chi connectivity index (χ1v) is 10.5. The van der Waals surface area contributed by atoms with E-state index in [1.807, 2.05) is 13.8 Å².